The number of hydrogen-bond acceptors (Lipinski definition) is 6. The number of fused-ring (bicyclic) bond motifs is 1. The molecule has 0 N–H and O–H groups in total. The highest BCUT2D eigenvalue weighted by Gasteiger charge is 2.59. The zero-order valence-electron chi connectivity index (χ0n) is 20.9. The van der Waals surface area contributed by atoms with Crippen molar-refractivity contribution in [1.29, 1.82) is 5.26 Å². The van der Waals surface area contributed by atoms with Gasteiger partial charge < -0.3 is 9.64 Å². The molecule has 2 aliphatic heterocycles. The summed E-state index contributed by atoms with van der Waals surface area (Å²) in [7, 11) is 1.58. The molecule has 0 bridgehead atoms. The van der Waals surface area contributed by atoms with Crippen LogP contribution in [0, 0.1) is 11.3 Å². The summed E-state index contributed by atoms with van der Waals surface area (Å²) in [6.07, 6.45) is 4.61. The van der Waals surface area contributed by atoms with Gasteiger partial charge in [0.2, 0.25) is 0 Å². The van der Waals surface area contributed by atoms with Gasteiger partial charge in [0.25, 0.3) is 5.91 Å². The van der Waals surface area contributed by atoms with Crippen LogP contribution in [-0.2, 0) is 16.0 Å². The van der Waals surface area contributed by atoms with Crippen LogP contribution in [0.5, 0.6) is 0 Å². The van der Waals surface area contributed by atoms with Gasteiger partial charge in [-0.3, -0.25) is 9.78 Å². The van der Waals surface area contributed by atoms with Crippen LogP contribution in [0.1, 0.15) is 29.2 Å². The molecule has 4 heterocycles. The Morgan fingerprint density at radius 3 is 2.54 bits per heavy atom. The lowest BCUT2D eigenvalue weighted by atomic mass is 9.85. The van der Waals surface area contributed by atoms with Crippen molar-refractivity contribution in [2.75, 3.05) is 13.7 Å². The van der Waals surface area contributed by atoms with Crippen LogP contribution in [-0.4, -0.2) is 50.0 Å². The van der Waals surface area contributed by atoms with E-state index in [1.165, 1.54) is 0 Å². The van der Waals surface area contributed by atoms with Gasteiger partial charge >= 0.3 is 0 Å². The second kappa shape index (κ2) is 9.84. The Bertz CT molecular complexity index is 1620. The number of amides is 1. The Hall–Kier alpha value is -4.19. The van der Waals surface area contributed by atoms with Gasteiger partial charge in [-0.15, -0.1) is 5.10 Å². The van der Waals surface area contributed by atoms with Crippen molar-refractivity contribution >= 4 is 34.7 Å². The molecule has 0 radical (unpaired) electrons. The van der Waals surface area contributed by atoms with Crippen LogP contribution < -0.4 is 0 Å². The molecule has 2 aromatic heterocycles. The largest absolute Gasteiger partial charge is 0.498 e. The molecule has 0 saturated carbocycles. The minimum absolute atomic E-state index is 0.146. The van der Waals surface area contributed by atoms with E-state index in [2.05, 4.69) is 21.4 Å². The molecular weight excluding hydrogens is 535 g/mol. The van der Waals surface area contributed by atoms with E-state index in [0.717, 1.165) is 11.3 Å². The molecule has 4 aromatic rings. The van der Waals surface area contributed by atoms with Crippen LogP contribution >= 0.6 is 23.2 Å². The molecule has 6 rings (SSSR count). The first-order valence-electron chi connectivity index (χ1n) is 12.3. The van der Waals surface area contributed by atoms with Crippen LogP contribution in [0.2, 0.25) is 10.0 Å². The molecule has 1 amide bonds. The first kappa shape index (κ1) is 25.1. The molecule has 1 saturated heterocycles. The van der Waals surface area contributed by atoms with Crippen molar-refractivity contribution in [1.82, 2.24) is 24.9 Å². The highest BCUT2D eigenvalue weighted by atomic mass is 35.5. The Labute approximate surface area is 235 Å². The fourth-order valence-electron chi connectivity index (χ4n) is 5.70. The van der Waals surface area contributed by atoms with Gasteiger partial charge in [0.05, 0.1) is 42.2 Å². The second-order valence-electron chi connectivity index (χ2n) is 9.66. The van der Waals surface area contributed by atoms with Crippen LogP contribution in [0.15, 0.2) is 78.8 Å². The summed E-state index contributed by atoms with van der Waals surface area (Å²) >= 11 is 12.6. The number of carbonyl (C=O) groups is 1. The maximum Gasteiger partial charge on any atom is 0.258 e. The molecular formula is C29H22Cl2N6O2. The lowest BCUT2D eigenvalue weighted by molar-refractivity contribution is -0.126. The number of ether oxygens (including phenoxy) is 1. The second-order valence-corrected chi connectivity index (χ2v) is 10.5. The molecule has 0 aliphatic carbocycles. The third-order valence-corrected chi connectivity index (χ3v) is 7.78. The van der Waals surface area contributed by atoms with Crippen LogP contribution in [0.3, 0.4) is 0 Å². The Morgan fingerprint density at radius 2 is 1.87 bits per heavy atom. The highest BCUT2D eigenvalue weighted by molar-refractivity contribution is 6.35. The number of nitriles is 1. The highest BCUT2D eigenvalue weighted by Crippen LogP contribution is 2.52. The number of carbonyl (C=O) groups excluding carboxylic acids is 1. The molecule has 8 nitrogen and oxygen atoms in total. The number of nitrogens with zero attached hydrogens (tertiary/aromatic N) is 6. The first-order chi connectivity index (χ1) is 18.9. The lowest BCUT2D eigenvalue weighted by Gasteiger charge is -2.34. The zero-order chi connectivity index (χ0) is 27.1. The van der Waals surface area contributed by atoms with E-state index in [-0.39, 0.29) is 11.9 Å². The van der Waals surface area contributed by atoms with E-state index in [1.807, 2.05) is 41.4 Å². The summed E-state index contributed by atoms with van der Waals surface area (Å²) < 4.78 is 7.85. The lowest BCUT2D eigenvalue weighted by Crippen LogP contribution is -2.45. The van der Waals surface area contributed by atoms with E-state index in [4.69, 9.17) is 27.9 Å². The summed E-state index contributed by atoms with van der Waals surface area (Å²) in [5.74, 6) is 0.397. The number of rotatable bonds is 6. The van der Waals surface area contributed by atoms with Crippen LogP contribution in [0.25, 0.3) is 17.0 Å². The number of pyridine rings is 1. The number of benzene rings is 2. The molecule has 2 aliphatic rings. The van der Waals surface area contributed by atoms with E-state index < -0.39 is 5.54 Å². The molecule has 2 atom stereocenters. The topological polar surface area (TPSA) is 96.9 Å². The summed E-state index contributed by atoms with van der Waals surface area (Å²) in [4.78, 5) is 20.3. The maximum absolute atomic E-state index is 14.1. The molecule has 194 valence electrons. The molecule has 2 aromatic carbocycles. The minimum Gasteiger partial charge on any atom is -0.498 e. The minimum atomic E-state index is -0.786. The standard InChI is InChI=1S/C29H22Cl2N6O2/c1-39-27-26(20-10-21(30)12-22(31)11-20)28(38)36-16-23(37-17-25(34-35-37)24-4-2-3-9-33-24)14-29(27,36)13-18-5-7-19(15-32)8-6-18/h2-12,17,23H,13-14,16H2,1H3. The number of aromatic nitrogens is 4. The smallest absolute Gasteiger partial charge is 0.258 e. The van der Waals surface area contributed by atoms with Gasteiger partial charge in [-0.1, -0.05) is 46.6 Å². The summed E-state index contributed by atoms with van der Waals surface area (Å²) in [6, 6.07) is 20.1. The van der Waals surface area contributed by atoms with E-state index >= 15 is 0 Å². The predicted molar refractivity (Wildman–Crippen MR) is 147 cm³/mol. The fraction of sp³-hybridized carbons (Fsp3) is 0.207. The van der Waals surface area contributed by atoms with E-state index in [1.54, 1.807) is 48.3 Å². The summed E-state index contributed by atoms with van der Waals surface area (Å²) in [6.45, 7) is 0.408. The van der Waals surface area contributed by atoms with Crippen molar-refractivity contribution in [2.45, 2.75) is 24.4 Å². The van der Waals surface area contributed by atoms with Crippen molar-refractivity contribution in [3.8, 4) is 17.5 Å². The average Bonchev–Trinajstić information content (AvgIpc) is 3.62. The summed E-state index contributed by atoms with van der Waals surface area (Å²) in [5.41, 5.74) is 3.20. The number of halogens is 2. The quantitative estimate of drug-likeness (QED) is 0.317. The molecule has 1 fully saturated rings. The van der Waals surface area contributed by atoms with Gasteiger partial charge in [0.1, 0.15) is 17.0 Å². The van der Waals surface area contributed by atoms with E-state index in [0.29, 0.717) is 57.6 Å². The van der Waals surface area contributed by atoms with Gasteiger partial charge in [0.15, 0.2) is 0 Å². The number of hydrogen-bond donors (Lipinski definition) is 0. The normalized spacial score (nSPS) is 20.3. The molecule has 10 heteroatoms. The molecule has 39 heavy (non-hydrogen) atoms. The number of methoxy groups -OCH3 is 1. The Kier molecular flexibility index (Phi) is 6.34. The fourth-order valence-corrected chi connectivity index (χ4v) is 6.22. The predicted octanol–water partition coefficient (Wildman–Crippen LogP) is 5.34. The van der Waals surface area contributed by atoms with Gasteiger partial charge in [-0.25, -0.2) is 4.68 Å². The van der Waals surface area contributed by atoms with Gasteiger partial charge in [0, 0.05) is 35.6 Å². The monoisotopic (exact) mass is 556 g/mol. The van der Waals surface area contributed by atoms with Crippen molar-refractivity contribution in [3.63, 3.8) is 0 Å². The third kappa shape index (κ3) is 4.34. The Balaban J connectivity index is 1.44. The van der Waals surface area contributed by atoms with Gasteiger partial charge in [-0.05, 0) is 53.6 Å². The van der Waals surface area contributed by atoms with Crippen molar-refractivity contribution in [3.05, 3.63) is 106 Å². The SMILES string of the molecule is COC1=C(c2cc(Cl)cc(Cl)c2)C(=O)N2CC(n3cc(-c4ccccn4)nn3)CC12Cc1ccc(C#N)cc1. The summed E-state index contributed by atoms with van der Waals surface area (Å²) in [5, 5.41) is 18.9. The van der Waals surface area contributed by atoms with Crippen molar-refractivity contribution < 1.29 is 9.53 Å². The average molecular weight is 557 g/mol. The maximum atomic E-state index is 14.1. The zero-order valence-corrected chi connectivity index (χ0v) is 22.4. The molecule has 2 unspecified atom stereocenters. The van der Waals surface area contributed by atoms with Gasteiger partial charge in [-0.2, -0.15) is 5.26 Å². The Morgan fingerprint density at radius 1 is 1.10 bits per heavy atom. The first-order valence-corrected chi connectivity index (χ1v) is 13.1. The van der Waals surface area contributed by atoms with Crippen molar-refractivity contribution in [2.24, 2.45) is 0 Å². The molecule has 0 spiro atoms. The third-order valence-electron chi connectivity index (χ3n) is 7.34. The van der Waals surface area contributed by atoms with Crippen LogP contribution in [0.4, 0.5) is 0 Å². The van der Waals surface area contributed by atoms with E-state index in [9.17, 15) is 10.1 Å².